The number of quaternary nitrogens is 1. The maximum atomic E-state index is 12.9. The van der Waals surface area contributed by atoms with Crippen molar-refractivity contribution < 1.29 is 18.1 Å². The molecule has 1 amide bonds. The number of amides is 1. The lowest BCUT2D eigenvalue weighted by Gasteiger charge is -2.20. The normalized spacial score (nSPS) is 21.3. The van der Waals surface area contributed by atoms with Crippen LogP contribution >= 0.6 is 0 Å². The summed E-state index contributed by atoms with van der Waals surface area (Å²) in [5, 5.41) is 4.64. The van der Waals surface area contributed by atoms with Crippen molar-refractivity contribution in [2.24, 2.45) is 0 Å². The first-order chi connectivity index (χ1) is 13.7. The number of carbonyl (C=O) groups excluding carboxylic acids is 1. The SMILES string of the molecule is Cc1nn([C@@H]2CCS(=O)(=O)C2)c(C)c1C[NH+](C)CC(=O)N1CCc2ccccc21. The first kappa shape index (κ1) is 20.1. The van der Waals surface area contributed by atoms with Gasteiger partial charge in [-0.05, 0) is 38.3 Å². The molecule has 1 unspecified atom stereocenters. The fraction of sp³-hybridized carbons (Fsp3) is 0.524. The first-order valence-electron chi connectivity index (χ1n) is 10.2. The van der Waals surface area contributed by atoms with Gasteiger partial charge in [-0.3, -0.25) is 9.48 Å². The lowest BCUT2D eigenvalue weighted by molar-refractivity contribution is -0.885. The zero-order valence-electron chi connectivity index (χ0n) is 17.3. The van der Waals surface area contributed by atoms with E-state index in [2.05, 4.69) is 11.2 Å². The number of aromatic nitrogens is 2. The summed E-state index contributed by atoms with van der Waals surface area (Å²) in [4.78, 5) is 15.9. The Morgan fingerprint density at radius 3 is 2.76 bits per heavy atom. The van der Waals surface area contributed by atoms with E-state index in [0.717, 1.165) is 40.5 Å². The molecule has 1 saturated heterocycles. The number of hydrogen-bond donors (Lipinski definition) is 1. The monoisotopic (exact) mass is 417 g/mol. The van der Waals surface area contributed by atoms with Crippen molar-refractivity contribution in [1.29, 1.82) is 0 Å². The summed E-state index contributed by atoms with van der Waals surface area (Å²) >= 11 is 0. The molecular formula is C21H29N4O3S+. The van der Waals surface area contributed by atoms with E-state index in [0.29, 0.717) is 19.5 Å². The van der Waals surface area contributed by atoms with Crippen LogP contribution < -0.4 is 9.80 Å². The molecule has 4 rings (SSSR count). The number of anilines is 1. The number of rotatable bonds is 5. The molecule has 1 aromatic carbocycles. The number of benzene rings is 1. The van der Waals surface area contributed by atoms with E-state index in [4.69, 9.17) is 0 Å². The van der Waals surface area contributed by atoms with E-state index in [9.17, 15) is 13.2 Å². The highest BCUT2D eigenvalue weighted by Gasteiger charge is 2.32. The molecule has 8 heteroatoms. The van der Waals surface area contributed by atoms with Crippen LogP contribution in [-0.4, -0.2) is 55.7 Å². The number of sulfone groups is 1. The first-order valence-corrected chi connectivity index (χ1v) is 12.0. The van der Waals surface area contributed by atoms with Crippen LogP contribution in [0.15, 0.2) is 24.3 Å². The Balaban J connectivity index is 1.44. The number of aryl methyl sites for hydroxylation is 1. The average Bonchev–Trinajstić information content (AvgIpc) is 3.33. The number of nitrogens with one attached hydrogen (secondary N) is 1. The van der Waals surface area contributed by atoms with Crippen molar-refractivity contribution >= 4 is 21.4 Å². The standard InChI is InChI=1S/C21H28N4O3S/c1-15-19(16(2)25(22-15)18-9-11-29(27,28)14-18)12-23(3)13-21(26)24-10-8-17-6-4-5-7-20(17)24/h4-7,18H,8-14H2,1-3H3/p+1/t18-/m1/s1. The Labute approximate surface area is 172 Å². The van der Waals surface area contributed by atoms with Crippen LogP contribution in [0.3, 0.4) is 0 Å². The average molecular weight is 418 g/mol. The maximum Gasteiger partial charge on any atom is 0.282 e. The molecule has 7 nitrogen and oxygen atoms in total. The smallest absolute Gasteiger partial charge is 0.282 e. The Bertz CT molecular complexity index is 1040. The lowest BCUT2D eigenvalue weighted by atomic mass is 10.1. The van der Waals surface area contributed by atoms with E-state index in [1.807, 2.05) is 48.7 Å². The predicted molar refractivity (Wildman–Crippen MR) is 112 cm³/mol. The maximum absolute atomic E-state index is 12.9. The Kier molecular flexibility index (Phi) is 5.25. The van der Waals surface area contributed by atoms with Gasteiger partial charge in [-0.2, -0.15) is 5.10 Å². The molecule has 29 heavy (non-hydrogen) atoms. The Morgan fingerprint density at radius 2 is 2.03 bits per heavy atom. The highest BCUT2D eigenvalue weighted by atomic mass is 32.2. The minimum absolute atomic E-state index is 0.0736. The summed E-state index contributed by atoms with van der Waals surface area (Å²) in [7, 11) is -0.929. The number of likely N-dealkylation sites (N-methyl/N-ethyl adjacent to an activating group) is 1. The molecule has 1 aromatic heterocycles. The topological polar surface area (TPSA) is 76.7 Å². The van der Waals surface area contributed by atoms with Gasteiger partial charge in [0.2, 0.25) is 0 Å². The third kappa shape index (κ3) is 3.96. The second-order valence-electron chi connectivity index (χ2n) is 8.39. The molecule has 156 valence electrons. The fourth-order valence-corrected chi connectivity index (χ4v) is 6.28. The summed E-state index contributed by atoms with van der Waals surface area (Å²) in [5.74, 6) is 0.545. The van der Waals surface area contributed by atoms with Gasteiger partial charge < -0.3 is 9.80 Å². The summed E-state index contributed by atoms with van der Waals surface area (Å²) < 4.78 is 25.6. The van der Waals surface area contributed by atoms with Gasteiger partial charge in [0.25, 0.3) is 5.91 Å². The minimum atomic E-state index is -2.95. The lowest BCUT2D eigenvalue weighted by Crippen LogP contribution is -3.09. The molecule has 3 heterocycles. The fourth-order valence-electron chi connectivity index (χ4n) is 4.59. The second-order valence-corrected chi connectivity index (χ2v) is 10.6. The van der Waals surface area contributed by atoms with E-state index in [1.54, 1.807) is 0 Å². The summed E-state index contributed by atoms with van der Waals surface area (Å²) in [5.41, 5.74) is 5.32. The number of carbonyl (C=O) groups is 1. The zero-order chi connectivity index (χ0) is 20.8. The van der Waals surface area contributed by atoms with Gasteiger partial charge in [0.15, 0.2) is 16.4 Å². The van der Waals surface area contributed by atoms with E-state index >= 15 is 0 Å². The van der Waals surface area contributed by atoms with Crippen LogP contribution in [0.1, 0.15) is 35.0 Å². The second kappa shape index (κ2) is 7.57. The van der Waals surface area contributed by atoms with E-state index < -0.39 is 9.84 Å². The predicted octanol–water partition coefficient (Wildman–Crippen LogP) is 0.464. The van der Waals surface area contributed by atoms with Gasteiger partial charge in [-0.15, -0.1) is 0 Å². The number of fused-ring (bicyclic) bond motifs is 1. The number of nitrogens with zero attached hydrogens (tertiary/aromatic N) is 3. The quantitative estimate of drug-likeness (QED) is 0.767. The van der Waals surface area contributed by atoms with Gasteiger partial charge in [0.1, 0.15) is 6.54 Å². The van der Waals surface area contributed by atoms with Gasteiger partial charge in [-0.25, -0.2) is 8.42 Å². The molecule has 0 aliphatic carbocycles. The molecule has 0 bridgehead atoms. The largest absolute Gasteiger partial charge is 0.326 e. The minimum Gasteiger partial charge on any atom is -0.326 e. The van der Waals surface area contributed by atoms with Crippen molar-refractivity contribution in [3.05, 3.63) is 46.8 Å². The van der Waals surface area contributed by atoms with E-state index in [-0.39, 0.29) is 23.5 Å². The van der Waals surface area contributed by atoms with E-state index in [1.165, 1.54) is 5.56 Å². The third-order valence-corrected chi connectivity index (χ3v) is 7.90. The highest BCUT2D eigenvalue weighted by molar-refractivity contribution is 7.91. The molecule has 1 fully saturated rings. The van der Waals surface area contributed by atoms with Crippen molar-refractivity contribution in [2.75, 3.05) is 36.5 Å². The molecule has 2 aromatic rings. The van der Waals surface area contributed by atoms with Crippen molar-refractivity contribution in [3.8, 4) is 0 Å². The highest BCUT2D eigenvalue weighted by Crippen LogP contribution is 2.28. The molecular weight excluding hydrogens is 388 g/mol. The van der Waals surface area contributed by atoms with Crippen LogP contribution in [0.2, 0.25) is 0 Å². The number of para-hydroxylation sites is 1. The molecule has 1 N–H and O–H groups in total. The Morgan fingerprint density at radius 1 is 1.28 bits per heavy atom. The van der Waals surface area contributed by atoms with Crippen molar-refractivity contribution in [3.63, 3.8) is 0 Å². The molecule has 2 atom stereocenters. The molecule has 0 saturated carbocycles. The third-order valence-electron chi connectivity index (χ3n) is 6.15. The number of hydrogen-bond acceptors (Lipinski definition) is 4. The van der Waals surface area contributed by atoms with Crippen LogP contribution in [-0.2, 0) is 27.6 Å². The molecule has 0 radical (unpaired) electrons. The van der Waals surface area contributed by atoms with Gasteiger partial charge in [-0.1, -0.05) is 18.2 Å². The van der Waals surface area contributed by atoms with Crippen LogP contribution in [0.4, 0.5) is 5.69 Å². The van der Waals surface area contributed by atoms with Crippen LogP contribution in [0, 0.1) is 13.8 Å². The molecule has 2 aliphatic rings. The molecule has 0 spiro atoms. The van der Waals surface area contributed by atoms with Gasteiger partial charge >= 0.3 is 0 Å². The van der Waals surface area contributed by atoms with Gasteiger partial charge in [0, 0.05) is 17.9 Å². The van der Waals surface area contributed by atoms with Crippen LogP contribution in [0.25, 0.3) is 0 Å². The van der Waals surface area contributed by atoms with Crippen LogP contribution in [0.5, 0.6) is 0 Å². The summed E-state index contributed by atoms with van der Waals surface area (Å²) in [6, 6.07) is 8.02. The van der Waals surface area contributed by atoms with Gasteiger partial charge in [0.05, 0.1) is 35.9 Å². The van der Waals surface area contributed by atoms with Crippen molar-refractivity contribution in [2.45, 2.75) is 39.3 Å². The van der Waals surface area contributed by atoms with Crippen molar-refractivity contribution in [1.82, 2.24) is 9.78 Å². The summed E-state index contributed by atoms with van der Waals surface area (Å²) in [6.45, 7) is 5.83. The zero-order valence-corrected chi connectivity index (χ0v) is 18.1. The molecule has 2 aliphatic heterocycles. The Hall–Kier alpha value is -2.19. The summed E-state index contributed by atoms with van der Waals surface area (Å²) in [6.07, 6.45) is 1.54.